The summed E-state index contributed by atoms with van der Waals surface area (Å²) in [5.74, 6) is 0.422. The molecule has 1 fully saturated rings. The van der Waals surface area contributed by atoms with E-state index in [1.807, 2.05) is 19.2 Å². The molecule has 112 valence electrons. The van der Waals surface area contributed by atoms with Crippen LogP contribution < -0.4 is 5.32 Å². The van der Waals surface area contributed by atoms with E-state index in [1.54, 1.807) is 10.8 Å². The quantitative estimate of drug-likeness (QED) is 0.939. The van der Waals surface area contributed by atoms with Gasteiger partial charge < -0.3 is 4.74 Å². The van der Waals surface area contributed by atoms with Crippen molar-refractivity contribution in [2.24, 2.45) is 13.0 Å². The lowest BCUT2D eigenvalue weighted by Crippen LogP contribution is -2.38. The predicted octanol–water partition coefficient (Wildman–Crippen LogP) is 2.11. The standard InChI is InChI=1S/C15H20N4O2/c1-3-12-10(6-5-9-21-12)14(20)18-15-17-11-7-4-8-16-13(11)19(15)2/h4,7-8,10,12H,3,5-6,9H2,1-2H3,(H,17,18,20)/t10-,12-/m1/s1. The van der Waals surface area contributed by atoms with Crippen LogP contribution in [0.15, 0.2) is 18.3 Å². The smallest absolute Gasteiger partial charge is 0.232 e. The Morgan fingerprint density at radius 1 is 1.57 bits per heavy atom. The summed E-state index contributed by atoms with van der Waals surface area (Å²) in [4.78, 5) is 21.2. The van der Waals surface area contributed by atoms with E-state index < -0.39 is 0 Å². The molecule has 0 aliphatic carbocycles. The summed E-state index contributed by atoms with van der Waals surface area (Å²) < 4.78 is 7.49. The highest BCUT2D eigenvalue weighted by molar-refractivity contribution is 5.93. The number of ether oxygens (including phenoxy) is 1. The van der Waals surface area contributed by atoms with Crippen LogP contribution in [0.25, 0.3) is 11.2 Å². The molecule has 3 rings (SSSR count). The van der Waals surface area contributed by atoms with Gasteiger partial charge in [-0.05, 0) is 31.4 Å². The van der Waals surface area contributed by atoms with E-state index >= 15 is 0 Å². The molecule has 0 bridgehead atoms. The number of nitrogens with zero attached hydrogens (tertiary/aromatic N) is 3. The zero-order valence-corrected chi connectivity index (χ0v) is 12.4. The van der Waals surface area contributed by atoms with E-state index in [9.17, 15) is 4.79 Å². The zero-order valence-electron chi connectivity index (χ0n) is 12.4. The van der Waals surface area contributed by atoms with Crippen LogP contribution in [-0.2, 0) is 16.6 Å². The van der Waals surface area contributed by atoms with Gasteiger partial charge in [-0.2, -0.15) is 0 Å². The van der Waals surface area contributed by atoms with Crippen molar-refractivity contribution < 1.29 is 9.53 Å². The first-order chi connectivity index (χ1) is 10.2. The van der Waals surface area contributed by atoms with Crippen molar-refractivity contribution in [3.05, 3.63) is 18.3 Å². The Morgan fingerprint density at radius 2 is 2.43 bits per heavy atom. The second kappa shape index (κ2) is 5.81. The third-order valence-corrected chi connectivity index (χ3v) is 4.04. The van der Waals surface area contributed by atoms with E-state index in [-0.39, 0.29) is 17.9 Å². The number of anilines is 1. The van der Waals surface area contributed by atoms with E-state index in [1.165, 1.54) is 0 Å². The van der Waals surface area contributed by atoms with Gasteiger partial charge in [0.1, 0.15) is 5.52 Å². The molecule has 2 aromatic rings. The van der Waals surface area contributed by atoms with Crippen LogP contribution in [0.2, 0.25) is 0 Å². The van der Waals surface area contributed by atoms with Crippen LogP contribution >= 0.6 is 0 Å². The van der Waals surface area contributed by atoms with Gasteiger partial charge in [-0.3, -0.25) is 14.7 Å². The van der Waals surface area contributed by atoms with Crippen molar-refractivity contribution in [3.63, 3.8) is 0 Å². The highest BCUT2D eigenvalue weighted by atomic mass is 16.5. The Kier molecular flexibility index (Phi) is 3.88. The molecule has 1 N–H and O–H groups in total. The Hall–Kier alpha value is -1.95. The highest BCUT2D eigenvalue weighted by Crippen LogP contribution is 2.25. The number of amides is 1. The highest BCUT2D eigenvalue weighted by Gasteiger charge is 2.31. The molecule has 0 saturated carbocycles. The molecule has 3 heterocycles. The average Bonchev–Trinajstić information content (AvgIpc) is 2.84. The molecule has 6 nitrogen and oxygen atoms in total. The number of fused-ring (bicyclic) bond motifs is 1. The third kappa shape index (κ3) is 2.63. The summed E-state index contributed by atoms with van der Waals surface area (Å²) in [6.07, 6.45) is 4.37. The van der Waals surface area contributed by atoms with Gasteiger partial charge in [0.15, 0.2) is 5.65 Å². The van der Waals surface area contributed by atoms with Crippen molar-refractivity contribution >= 4 is 23.0 Å². The number of imidazole rings is 1. The molecule has 1 amide bonds. The molecule has 0 aromatic carbocycles. The number of pyridine rings is 1. The van der Waals surface area contributed by atoms with Crippen LogP contribution in [0.3, 0.4) is 0 Å². The van der Waals surface area contributed by atoms with E-state index in [0.29, 0.717) is 5.95 Å². The molecule has 1 saturated heterocycles. The first-order valence-electron chi connectivity index (χ1n) is 7.40. The van der Waals surface area contributed by atoms with E-state index in [4.69, 9.17) is 4.74 Å². The summed E-state index contributed by atoms with van der Waals surface area (Å²) in [7, 11) is 1.85. The van der Waals surface area contributed by atoms with Crippen LogP contribution in [0.4, 0.5) is 5.95 Å². The number of nitrogens with one attached hydrogen (secondary N) is 1. The Bertz CT molecular complexity index is 652. The van der Waals surface area contributed by atoms with Crippen LogP contribution in [-0.4, -0.2) is 33.2 Å². The summed E-state index contributed by atoms with van der Waals surface area (Å²) >= 11 is 0. The van der Waals surface area contributed by atoms with Gasteiger partial charge in [-0.1, -0.05) is 6.92 Å². The molecular formula is C15H20N4O2. The first-order valence-corrected chi connectivity index (χ1v) is 7.40. The Balaban J connectivity index is 1.81. The molecule has 0 unspecified atom stereocenters. The number of carbonyl (C=O) groups excluding carboxylic acids is 1. The Morgan fingerprint density at radius 3 is 3.19 bits per heavy atom. The maximum absolute atomic E-state index is 12.5. The second-order valence-electron chi connectivity index (χ2n) is 5.40. The van der Waals surface area contributed by atoms with Gasteiger partial charge in [0.25, 0.3) is 0 Å². The fourth-order valence-corrected chi connectivity index (χ4v) is 2.88. The lowest BCUT2D eigenvalue weighted by atomic mass is 9.92. The van der Waals surface area contributed by atoms with Crippen molar-refractivity contribution in [2.75, 3.05) is 11.9 Å². The lowest BCUT2D eigenvalue weighted by Gasteiger charge is -2.29. The predicted molar refractivity (Wildman–Crippen MR) is 79.9 cm³/mol. The number of rotatable bonds is 3. The topological polar surface area (TPSA) is 69.0 Å². The largest absolute Gasteiger partial charge is 0.377 e. The van der Waals surface area contributed by atoms with Gasteiger partial charge in [-0.25, -0.2) is 9.97 Å². The van der Waals surface area contributed by atoms with E-state index in [2.05, 4.69) is 22.2 Å². The normalized spacial score (nSPS) is 22.4. The summed E-state index contributed by atoms with van der Waals surface area (Å²) in [6.45, 7) is 2.80. The number of hydrogen-bond donors (Lipinski definition) is 1. The molecule has 1 aliphatic heterocycles. The molecule has 2 atom stereocenters. The van der Waals surface area contributed by atoms with Crippen molar-refractivity contribution in [3.8, 4) is 0 Å². The maximum Gasteiger partial charge on any atom is 0.232 e. The summed E-state index contributed by atoms with van der Waals surface area (Å²) in [6, 6.07) is 3.72. The number of carbonyl (C=O) groups is 1. The number of aromatic nitrogens is 3. The molecule has 1 aliphatic rings. The minimum absolute atomic E-state index is 0.00607. The fraction of sp³-hybridized carbons (Fsp3) is 0.533. The lowest BCUT2D eigenvalue weighted by molar-refractivity contribution is -0.129. The van der Waals surface area contributed by atoms with Gasteiger partial charge in [0.05, 0.1) is 12.0 Å². The second-order valence-corrected chi connectivity index (χ2v) is 5.40. The van der Waals surface area contributed by atoms with Crippen molar-refractivity contribution in [1.82, 2.24) is 14.5 Å². The molecule has 6 heteroatoms. The van der Waals surface area contributed by atoms with Gasteiger partial charge >= 0.3 is 0 Å². The SMILES string of the molecule is CC[C@H]1OCCC[C@H]1C(=O)Nc1nc2cccnc2n1C. The molecular weight excluding hydrogens is 268 g/mol. The van der Waals surface area contributed by atoms with E-state index in [0.717, 1.165) is 37.0 Å². The Labute approximate surface area is 123 Å². The van der Waals surface area contributed by atoms with Gasteiger partial charge in [0.2, 0.25) is 11.9 Å². The van der Waals surface area contributed by atoms with Crippen LogP contribution in [0, 0.1) is 5.92 Å². The van der Waals surface area contributed by atoms with Crippen molar-refractivity contribution in [1.29, 1.82) is 0 Å². The maximum atomic E-state index is 12.5. The zero-order chi connectivity index (χ0) is 14.8. The fourth-order valence-electron chi connectivity index (χ4n) is 2.88. The monoisotopic (exact) mass is 288 g/mol. The average molecular weight is 288 g/mol. The first kappa shape index (κ1) is 14.0. The molecule has 0 spiro atoms. The molecule has 2 aromatic heterocycles. The van der Waals surface area contributed by atoms with Gasteiger partial charge in [0, 0.05) is 19.9 Å². The molecule has 0 radical (unpaired) electrons. The number of aryl methyl sites for hydroxylation is 1. The third-order valence-electron chi connectivity index (χ3n) is 4.04. The minimum Gasteiger partial charge on any atom is -0.377 e. The van der Waals surface area contributed by atoms with Crippen LogP contribution in [0.5, 0.6) is 0 Å². The summed E-state index contributed by atoms with van der Waals surface area (Å²) in [5.41, 5.74) is 1.54. The minimum atomic E-state index is -0.100. The van der Waals surface area contributed by atoms with Crippen molar-refractivity contribution in [2.45, 2.75) is 32.3 Å². The van der Waals surface area contributed by atoms with Crippen LogP contribution in [0.1, 0.15) is 26.2 Å². The summed E-state index contributed by atoms with van der Waals surface area (Å²) in [5, 5.41) is 2.93. The van der Waals surface area contributed by atoms with Gasteiger partial charge in [-0.15, -0.1) is 0 Å². The number of hydrogen-bond acceptors (Lipinski definition) is 4. The molecule has 21 heavy (non-hydrogen) atoms.